The van der Waals surface area contributed by atoms with E-state index in [9.17, 15) is 4.79 Å². The van der Waals surface area contributed by atoms with Crippen molar-refractivity contribution in [2.75, 3.05) is 11.9 Å². The van der Waals surface area contributed by atoms with Gasteiger partial charge in [0.2, 0.25) is 11.8 Å². The van der Waals surface area contributed by atoms with Gasteiger partial charge < -0.3 is 4.42 Å². The van der Waals surface area contributed by atoms with Gasteiger partial charge in [0, 0.05) is 19.4 Å². The SMILES string of the molecule is CCC1Cc2ncoc2N(C)C1=O. The van der Waals surface area contributed by atoms with E-state index in [-0.39, 0.29) is 11.8 Å². The summed E-state index contributed by atoms with van der Waals surface area (Å²) in [7, 11) is 1.73. The number of amides is 1. The zero-order valence-electron chi connectivity index (χ0n) is 7.78. The van der Waals surface area contributed by atoms with Gasteiger partial charge >= 0.3 is 0 Å². The maximum atomic E-state index is 11.7. The fourth-order valence-corrected chi connectivity index (χ4v) is 1.69. The number of oxazole rings is 1. The third-order valence-corrected chi connectivity index (χ3v) is 2.54. The van der Waals surface area contributed by atoms with E-state index >= 15 is 0 Å². The first-order valence-corrected chi connectivity index (χ1v) is 4.44. The van der Waals surface area contributed by atoms with E-state index in [1.54, 1.807) is 11.9 Å². The molecule has 1 amide bonds. The Balaban J connectivity index is 2.38. The zero-order chi connectivity index (χ0) is 9.42. The third kappa shape index (κ3) is 1.13. The minimum Gasteiger partial charge on any atom is -0.427 e. The van der Waals surface area contributed by atoms with Gasteiger partial charge in [-0.3, -0.25) is 9.69 Å². The van der Waals surface area contributed by atoms with Crippen LogP contribution >= 0.6 is 0 Å². The molecule has 1 aliphatic heterocycles. The van der Waals surface area contributed by atoms with Crippen LogP contribution in [0.5, 0.6) is 0 Å². The highest BCUT2D eigenvalue weighted by molar-refractivity contribution is 5.95. The molecule has 70 valence electrons. The molecular formula is C9H12N2O2. The second-order valence-corrected chi connectivity index (χ2v) is 3.31. The largest absolute Gasteiger partial charge is 0.427 e. The normalized spacial score (nSPS) is 21.8. The Hall–Kier alpha value is -1.32. The van der Waals surface area contributed by atoms with Crippen LogP contribution < -0.4 is 4.90 Å². The molecule has 0 aromatic carbocycles. The molecule has 0 N–H and O–H groups in total. The van der Waals surface area contributed by atoms with Crippen LogP contribution in [0.3, 0.4) is 0 Å². The molecule has 0 saturated heterocycles. The summed E-state index contributed by atoms with van der Waals surface area (Å²) in [5.41, 5.74) is 0.897. The lowest BCUT2D eigenvalue weighted by atomic mass is 9.96. The molecule has 0 radical (unpaired) electrons. The van der Waals surface area contributed by atoms with Gasteiger partial charge in [0.05, 0.1) is 0 Å². The summed E-state index contributed by atoms with van der Waals surface area (Å²) in [6.45, 7) is 2.02. The molecule has 0 saturated carbocycles. The first-order chi connectivity index (χ1) is 6.24. The lowest BCUT2D eigenvalue weighted by Gasteiger charge is -2.25. The summed E-state index contributed by atoms with van der Waals surface area (Å²) in [4.78, 5) is 17.3. The fraction of sp³-hybridized carbons (Fsp3) is 0.556. The molecule has 1 aromatic rings. The third-order valence-electron chi connectivity index (χ3n) is 2.54. The molecule has 4 heteroatoms. The van der Waals surface area contributed by atoms with Crippen molar-refractivity contribution in [2.24, 2.45) is 5.92 Å². The van der Waals surface area contributed by atoms with Crippen LogP contribution in [-0.4, -0.2) is 17.9 Å². The Kier molecular flexibility index (Phi) is 1.83. The molecule has 0 spiro atoms. The first-order valence-electron chi connectivity index (χ1n) is 4.44. The van der Waals surface area contributed by atoms with Crippen LogP contribution in [0.25, 0.3) is 0 Å². The van der Waals surface area contributed by atoms with E-state index < -0.39 is 0 Å². The first kappa shape index (κ1) is 8.29. The average Bonchev–Trinajstić information content (AvgIpc) is 2.59. The summed E-state index contributed by atoms with van der Waals surface area (Å²) in [6, 6.07) is 0. The van der Waals surface area contributed by atoms with Crippen molar-refractivity contribution in [3.63, 3.8) is 0 Å². The molecule has 13 heavy (non-hydrogen) atoms. The van der Waals surface area contributed by atoms with E-state index in [1.165, 1.54) is 6.39 Å². The van der Waals surface area contributed by atoms with Crippen LogP contribution in [0.4, 0.5) is 5.88 Å². The molecule has 1 unspecified atom stereocenters. The number of aromatic nitrogens is 1. The standard InChI is InChI=1S/C9H12N2O2/c1-3-6-4-7-9(13-5-10-7)11(2)8(6)12/h5-6H,3-4H2,1-2H3. The van der Waals surface area contributed by atoms with Crippen LogP contribution in [0.1, 0.15) is 19.0 Å². The molecule has 0 aliphatic carbocycles. The molecule has 0 fully saturated rings. The van der Waals surface area contributed by atoms with Gasteiger partial charge in [-0.1, -0.05) is 6.92 Å². The van der Waals surface area contributed by atoms with Crippen molar-refractivity contribution >= 4 is 11.8 Å². The van der Waals surface area contributed by atoms with E-state index in [0.717, 1.165) is 12.1 Å². The molecule has 2 rings (SSSR count). The number of anilines is 1. The Bertz CT molecular complexity index is 332. The predicted octanol–water partition coefficient (Wildman–Crippen LogP) is 1.22. The number of carbonyl (C=O) groups excluding carboxylic acids is 1. The molecule has 1 aliphatic rings. The van der Waals surface area contributed by atoms with Crippen molar-refractivity contribution in [3.8, 4) is 0 Å². The van der Waals surface area contributed by atoms with E-state index in [0.29, 0.717) is 12.3 Å². The predicted molar refractivity (Wildman–Crippen MR) is 47.4 cm³/mol. The Morgan fingerprint density at radius 3 is 3.23 bits per heavy atom. The molecule has 1 aromatic heterocycles. The molecular weight excluding hydrogens is 168 g/mol. The number of rotatable bonds is 1. The lowest BCUT2D eigenvalue weighted by molar-refractivity contribution is -0.122. The molecule has 1 atom stereocenters. The number of fused-ring (bicyclic) bond motifs is 1. The Labute approximate surface area is 76.6 Å². The highest BCUT2D eigenvalue weighted by atomic mass is 16.4. The highest BCUT2D eigenvalue weighted by Gasteiger charge is 2.32. The number of carbonyl (C=O) groups is 1. The maximum Gasteiger partial charge on any atom is 0.232 e. The zero-order valence-corrected chi connectivity index (χ0v) is 7.78. The van der Waals surface area contributed by atoms with Crippen molar-refractivity contribution in [1.82, 2.24) is 4.98 Å². The van der Waals surface area contributed by atoms with Crippen molar-refractivity contribution < 1.29 is 9.21 Å². The van der Waals surface area contributed by atoms with E-state index in [1.807, 2.05) is 6.92 Å². The van der Waals surface area contributed by atoms with Gasteiger partial charge in [0.1, 0.15) is 5.69 Å². The van der Waals surface area contributed by atoms with E-state index in [2.05, 4.69) is 4.98 Å². The summed E-state index contributed by atoms with van der Waals surface area (Å²) >= 11 is 0. The summed E-state index contributed by atoms with van der Waals surface area (Å²) in [5, 5.41) is 0. The van der Waals surface area contributed by atoms with Crippen molar-refractivity contribution in [1.29, 1.82) is 0 Å². The Morgan fingerprint density at radius 2 is 2.54 bits per heavy atom. The number of nitrogens with zero attached hydrogens (tertiary/aromatic N) is 2. The second-order valence-electron chi connectivity index (χ2n) is 3.31. The Morgan fingerprint density at radius 1 is 1.77 bits per heavy atom. The number of hydrogen-bond acceptors (Lipinski definition) is 3. The van der Waals surface area contributed by atoms with Gasteiger partial charge in [0.15, 0.2) is 6.39 Å². The number of hydrogen-bond donors (Lipinski definition) is 0. The fourth-order valence-electron chi connectivity index (χ4n) is 1.69. The topological polar surface area (TPSA) is 46.3 Å². The average molecular weight is 180 g/mol. The molecule has 2 heterocycles. The molecule has 0 bridgehead atoms. The molecule has 4 nitrogen and oxygen atoms in total. The smallest absolute Gasteiger partial charge is 0.232 e. The highest BCUT2D eigenvalue weighted by Crippen LogP contribution is 2.29. The summed E-state index contributed by atoms with van der Waals surface area (Å²) in [5.74, 6) is 0.809. The minimum absolute atomic E-state index is 0.0719. The van der Waals surface area contributed by atoms with Gasteiger partial charge in [-0.2, -0.15) is 0 Å². The summed E-state index contributed by atoms with van der Waals surface area (Å²) in [6.07, 6.45) is 2.97. The second kappa shape index (κ2) is 2.87. The van der Waals surface area contributed by atoms with Crippen LogP contribution in [-0.2, 0) is 11.2 Å². The van der Waals surface area contributed by atoms with Crippen molar-refractivity contribution in [3.05, 3.63) is 12.1 Å². The van der Waals surface area contributed by atoms with Gasteiger partial charge in [-0.15, -0.1) is 0 Å². The summed E-state index contributed by atoms with van der Waals surface area (Å²) < 4.78 is 5.13. The van der Waals surface area contributed by atoms with Crippen molar-refractivity contribution in [2.45, 2.75) is 19.8 Å². The van der Waals surface area contributed by atoms with Gasteiger partial charge in [0.25, 0.3) is 0 Å². The minimum atomic E-state index is 0.0719. The maximum absolute atomic E-state index is 11.7. The van der Waals surface area contributed by atoms with Crippen LogP contribution in [0.15, 0.2) is 10.8 Å². The van der Waals surface area contributed by atoms with E-state index in [4.69, 9.17) is 4.42 Å². The monoisotopic (exact) mass is 180 g/mol. The lowest BCUT2D eigenvalue weighted by Crippen LogP contribution is -2.37. The van der Waals surface area contributed by atoms with Crippen LogP contribution in [0, 0.1) is 5.92 Å². The van der Waals surface area contributed by atoms with Crippen LogP contribution in [0.2, 0.25) is 0 Å². The van der Waals surface area contributed by atoms with Gasteiger partial charge in [-0.25, -0.2) is 4.98 Å². The van der Waals surface area contributed by atoms with Gasteiger partial charge in [-0.05, 0) is 6.42 Å². The quantitative estimate of drug-likeness (QED) is 0.652.